The highest BCUT2D eigenvalue weighted by Crippen LogP contribution is 2.36. The van der Waals surface area contributed by atoms with Gasteiger partial charge in [0.05, 0.1) is 11.2 Å². The number of carbonyl (C=O) groups excluding carboxylic acids is 1. The van der Waals surface area contributed by atoms with Gasteiger partial charge in [-0.25, -0.2) is 18.7 Å². The second-order valence-electron chi connectivity index (χ2n) is 6.24. The van der Waals surface area contributed by atoms with Crippen molar-refractivity contribution in [2.75, 3.05) is 0 Å². The Balaban J connectivity index is 1.70. The molecule has 3 rings (SSSR count). The van der Waals surface area contributed by atoms with Crippen molar-refractivity contribution in [3.8, 4) is 0 Å². The van der Waals surface area contributed by atoms with Crippen molar-refractivity contribution in [2.45, 2.75) is 38.5 Å². The first-order chi connectivity index (χ1) is 11.8. The summed E-state index contributed by atoms with van der Waals surface area (Å²) in [5.41, 5.74) is 7.22. The molecule has 6 nitrogen and oxygen atoms in total. The van der Waals surface area contributed by atoms with Crippen molar-refractivity contribution < 1.29 is 13.6 Å². The summed E-state index contributed by atoms with van der Waals surface area (Å²) in [7, 11) is 0. The predicted octanol–water partition coefficient (Wildman–Crippen LogP) is 2.83. The molecule has 132 valence electrons. The third-order valence-electron chi connectivity index (χ3n) is 4.34. The molecule has 1 heterocycles. The maximum Gasteiger partial charge on any atom is 0.253 e. The molecule has 3 N–H and O–H groups in total. The molecule has 2 aromatic rings. The lowest BCUT2D eigenvalue weighted by atomic mass is 9.86. The first-order valence-electron chi connectivity index (χ1n) is 8.10. The van der Waals surface area contributed by atoms with Gasteiger partial charge in [-0.05, 0) is 25.8 Å². The number of hydrogen-bond donors (Lipinski definition) is 2. The number of aromatic nitrogens is 2. The molecule has 0 bridgehead atoms. The van der Waals surface area contributed by atoms with Crippen LogP contribution in [0.1, 0.15) is 31.4 Å². The minimum absolute atomic E-state index is 0.137. The number of amides is 1. The van der Waals surface area contributed by atoms with E-state index in [0.717, 1.165) is 16.6 Å². The molecule has 0 atom stereocenters. The highest BCUT2D eigenvalue weighted by Gasteiger charge is 2.37. The van der Waals surface area contributed by atoms with Crippen LogP contribution in [0.4, 0.5) is 14.7 Å². The molecule has 0 unspecified atom stereocenters. The van der Waals surface area contributed by atoms with Gasteiger partial charge in [-0.3, -0.25) is 10.1 Å². The van der Waals surface area contributed by atoms with E-state index in [1.165, 1.54) is 0 Å². The van der Waals surface area contributed by atoms with Crippen molar-refractivity contribution in [1.29, 1.82) is 0 Å². The summed E-state index contributed by atoms with van der Waals surface area (Å²) in [4.78, 5) is 24.7. The molecular weight excluding hydrogens is 328 g/mol. The van der Waals surface area contributed by atoms with E-state index in [-0.39, 0.29) is 37.6 Å². The smallest absolute Gasteiger partial charge is 0.253 e. The van der Waals surface area contributed by atoms with Crippen LogP contribution in [0, 0.1) is 12.8 Å². The minimum atomic E-state index is -2.67. The molecule has 1 aromatic carbocycles. The fourth-order valence-corrected chi connectivity index (χ4v) is 2.94. The Bertz CT molecular complexity index is 827. The zero-order valence-corrected chi connectivity index (χ0v) is 13.8. The Morgan fingerprint density at radius 3 is 2.68 bits per heavy atom. The molecule has 1 saturated carbocycles. The Morgan fingerprint density at radius 2 is 1.96 bits per heavy atom. The Morgan fingerprint density at radius 1 is 1.28 bits per heavy atom. The van der Waals surface area contributed by atoms with Crippen LogP contribution in [-0.2, 0) is 4.79 Å². The van der Waals surface area contributed by atoms with Crippen LogP contribution in [0.2, 0.25) is 0 Å². The minimum Gasteiger partial charge on any atom is -0.369 e. The van der Waals surface area contributed by atoms with Gasteiger partial charge in [0.1, 0.15) is 0 Å². The van der Waals surface area contributed by atoms with Crippen molar-refractivity contribution in [3.05, 3.63) is 30.0 Å². The van der Waals surface area contributed by atoms with Crippen molar-refractivity contribution in [2.24, 2.45) is 16.6 Å². The molecule has 1 aromatic heterocycles. The lowest BCUT2D eigenvalue weighted by molar-refractivity contribution is -0.127. The molecule has 0 spiro atoms. The number of rotatable bonds is 2. The largest absolute Gasteiger partial charge is 0.369 e. The average molecular weight is 347 g/mol. The monoisotopic (exact) mass is 347 g/mol. The van der Waals surface area contributed by atoms with E-state index in [9.17, 15) is 13.6 Å². The van der Waals surface area contributed by atoms with E-state index in [1.807, 2.05) is 31.2 Å². The maximum absolute atomic E-state index is 13.2. The maximum atomic E-state index is 13.2. The number of guanidine groups is 1. The Kier molecular flexibility index (Phi) is 4.61. The summed E-state index contributed by atoms with van der Waals surface area (Å²) in [6, 6.07) is 7.48. The lowest BCUT2D eigenvalue weighted by Crippen LogP contribution is -2.42. The van der Waals surface area contributed by atoms with Gasteiger partial charge in [0, 0.05) is 24.1 Å². The number of hydrogen-bond acceptors (Lipinski definition) is 4. The van der Waals surface area contributed by atoms with Gasteiger partial charge in [-0.2, -0.15) is 4.99 Å². The van der Waals surface area contributed by atoms with Crippen molar-refractivity contribution >= 4 is 28.7 Å². The third-order valence-corrected chi connectivity index (χ3v) is 4.34. The summed E-state index contributed by atoms with van der Waals surface area (Å²) < 4.78 is 26.3. The highest BCUT2D eigenvalue weighted by atomic mass is 19.3. The SMILES string of the molecule is Cc1nc(/N=C(\N)NC(=O)C2CCC(F)(F)CC2)nc2ccccc12. The quantitative estimate of drug-likeness (QED) is 0.645. The number of carbonyl (C=O) groups is 1. The molecule has 0 aliphatic heterocycles. The van der Waals surface area contributed by atoms with Crippen LogP contribution >= 0.6 is 0 Å². The average Bonchev–Trinajstić information content (AvgIpc) is 2.54. The molecule has 1 fully saturated rings. The number of aryl methyl sites for hydroxylation is 1. The van der Waals surface area contributed by atoms with Gasteiger partial charge < -0.3 is 5.73 Å². The van der Waals surface area contributed by atoms with Crippen LogP contribution in [0.5, 0.6) is 0 Å². The fourth-order valence-electron chi connectivity index (χ4n) is 2.94. The standard InChI is InChI=1S/C17H19F2N5O/c1-10-12-4-2-3-5-13(12)22-16(21-10)24-15(20)23-14(25)11-6-8-17(18,19)9-7-11/h2-5,11H,6-9H2,1H3,(H3,20,21,22,23,24,25). The van der Waals surface area contributed by atoms with E-state index in [1.54, 1.807) is 0 Å². The second kappa shape index (κ2) is 6.70. The predicted molar refractivity (Wildman–Crippen MR) is 90.6 cm³/mol. The van der Waals surface area contributed by atoms with Gasteiger partial charge in [0.15, 0.2) is 0 Å². The first kappa shape index (κ1) is 17.2. The van der Waals surface area contributed by atoms with E-state index in [0.29, 0.717) is 0 Å². The van der Waals surface area contributed by atoms with Gasteiger partial charge in [0.2, 0.25) is 17.8 Å². The Labute approximate surface area is 143 Å². The fraction of sp³-hybridized carbons (Fsp3) is 0.412. The third kappa shape index (κ3) is 4.07. The molecule has 1 aliphatic carbocycles. The van der Waals surface area contributed by atoms with Gasteiger partial charge in [-0.15, -0.1) is 0 Å². The molecule has 0 radical (unpaired) electrons. The van der Waals surface area contributed by atoms with Gasteiger partial charge >= 0.3 is 0 Å². The van der Waals surface area contributed by atoms with Crippen LogP contribution in [-0.4, -0.2) is 27.8 Å². The molecule has 1 amide bonds. The summed E-state index contributed by atoms with van der Waals surface area (Å²) >= 11 is 0. The van der Waals surface area contributed by atoms with E-state index < -0.39 is 17.7 Å². The Hall–Kier alpha value is -2.64. The van der Waals surface area contributed by atoms with E-state index >= 15 is 0 Å². The molecule has 25 heavy (non-hydrogen) atoms. The van der Waals surface area contributed by atoms with Crippen LogP contribution in [0.3, 0.4) is 0 Å². The summed E-state index contributed by atoms with van der Waals surface area (Å²) in [5, 5.41) is 3.37. The number of alkyl halides is 2. The van der Waals surface area contributed by atoms with E-state index in [4.69, 9.17) is 5.73 Å². The second-order valence-corrected chi connectivity index (χ2v) is 6.24. The summed E-state index contributed by atoms with van der Waals surface area (Å²) in [6.45, 7) is 1.83. The number of para-hydroxylation sites is 1. The molecule has 0 saturated heterocycles. The number of benzene rings is 1. The van der Waals surface area contributed by atoms with Crippen LogP contribution in [0.25, 0.3) is 10.9 Å². The molecular formula is C17H19F2N5O. The molecule has 8 heteroatoms. The zero-order chi connectivity index (χ0) is 18.0. The zero-order valence-electron chi connectivity index (χ0n) is 13.8. The highest BCUT2D eigenvalue weighted by molar-refractivity contribution is 5.98. The topological polar surface area (TPSA) is 93.3 Å². The lowest BCUT2D eigenvalue weighted by Gasteiger charge is -2.27. The summed E-state index contributed by atoms with van der Waals surface area (Å²) in [6.07, 6.45) is -0.292. The van der Waals surface area contributed by atoms with Gasteiger partial charge in [-0.1, -0.05) is 18.2 Å². The van der Waals surface area contributed by atoms with E-state index in [2.05, 4.69) is 20.3 Å². The molecule has 1 aliphatic rings. The van der Waals surface area contributed by atoms with Crippen LogP contribution in [0.15, 0.2) is 29.3 Å². The number of halogens is 2. The number of aliphatic imine (C=N–C) groups is 1. The summed E-state index contributed by atoms with van der Waals surface area (Å²) in [5.74, 6) is -3.55. The van der Waals surface area contributed by atoms with Gasteiger partial charge in [0.25, 0.3) is 5.95 Å². The number of nitrogens with one attached hydrogen (secondary N) is 1. The van der Waals surface area contributed by atoms with Crippen molar-refractivity contribution in [3.63, 3.8) is 0 Å². The van der Waals surface area contributed by atoms with Crippen LogP contribution < -0.4 is 11.1 Å². The number of nitrogens with two attached hydrogens (primary N) is 1. The normalized spacial score (nSPS) is 18.3. The number of fused-ring (bicyclic) bond motifs is 1. The number of nitrogens with zero attached hydrogens (tertiary/aromatic N) is 3. The van der Waals surface area contributed by atoms with Crippen molar-refractivity contribution in [1.82, 2.24) is 15.3 Å². The first-order valence-corrected chi connectivity index (χ1v) is 8.10.